The van der Waals surface area contributed by atoms with Gasteiger partial charge in [0.05, 0.1) is 5.56 Å². The molecule has 0 amide bonds. The smallest absolute Gasteiger partial charge is 0.167 e. The summed E-state index contributed by atoms with van der Waals surface area (Å²) in [6.45, 7) is 0. The van der Waals surface area contributed by atoms with E-state index in [-0.39, 0.29) is 0 Å². The Labute approximate surface area is 352 Å². The predicted molar refractivity (Wildman–Crippen MR) is 252 cm³/mol. The Morgan fingerprint density at radius 2 is 0.721 bits per heavy atom. The van der Waals surface area contributed by atoms with Crippen LogP contribution in [0, 0.1) is 0 Å². The van der Waals surface area contributed by atoms with Gasteiger partial charge in [0.25, 0.3) is 0 Å². The molecule has 0 saturated heterocycles. The maximum Gasteiger partial charge on any atom is 0.167 e. The zero-order valence-corrected chi connectivity index (χ0v) is 33.0. The van der Waals surface area contributed by atoms with Crippen LogP contribution in [0.4, 0.5) is 0 Å². The van der Waals surface area contributed by atoms with Gasteiger partial charge in [-0.05, 0) is 102 Å². The third-order valence-corrected chi connectivity index (χ3v) is 12.0. The highest BCUT2D eigenvalue weighted by molar-refractivity contribution is 6.10. The first-order chi connectivity index (χ1) is 30.2. The van der Waals surface area contributed by atoms with Crippen LogP contribution in [0.15, 0.2) is 217 Å². The molecule has 2 heterocycles. The van der Waals surface area contributed by atoms with Crippen molar-refractivity contribution < 1.29 is 4.42 Å². The molecule has 0 radical (unpaired) electrons. The van der Waals surface area contributed by atoms with Crippen molar-refractivity contribution in [3.8, 4) is 67.5 Å². The second kappa shape index (κ2) is 14.3. The maximum atomic E-state index is 6.56. The topological polar surface area (TPSA) is 51.8 Å². The van der Waals surface area contributed by atoms with Gasteiger partial charge in [-0.1, -0.05) is 176 Å². The van der Waals surface area contributed by atoms with Crippen LogP contribution < -0.4 is 0 Å². The number of para-hydroxylation sites is 2. The van der Waals surface area contributed by atoms with Crippen LogP contribution in [0.25, 0.3) is 122 Å². The normalized spacial score (nSPS) is 11.6. The summed E-state index contributed by atoms with van der Waals surface area (Å²) in [4.78, 5) is 16.0. The maximum absolute atomic E-state index is 6.56. The Kier molecular flexibility index (Phi) is 8.13. The number of hydrogen-bond acceptors (Lipinski definition) is 4. The van der Waals surface area contributed by atoms with Crippen LogP contribution >= 0.6 is 0 Å². The van der Waals surface area contributed by atoms with Crippen molar-refractivity contribution >= 4 is 54.3 Å². The SMILES string of the molecule is c1ccc(-c2ccc3ccc(-c4ccc(-c5nc(-c6ccc(-c7ccccc7)c7ccccc67)nc(-c6cccc7c6oc6ccccc67)n5)c5ccccc45)cc3c2)cc1. The summed E-state index contributed by atoms with van der Waals surface area (Å²) >= 11 is 0. The Hall–Kier alpha value is -8.21. The molecule has 4 nitrogen and oxygen atoms in total. The third-order valence-electron chi connectivity index (χ3n) is 12.0. The van der Waals surface area contributed by atoms with Gasteiger partial charge in [0, 0.05) is 21.9 Å². The molecule has 0 saturated carbocycles. The number of hydrogen-bond donors (Lipinski definition) is 0. The fraction of sp³-hybridized carbons (Fsp3) is 0. The summed E-state index contributed by atoms with van der Waals surface area (Å²) in [5.41, 5.74) is 11.3. The largest absolute Gasteiger partial charge is 0.455 e. The van der Waals surface area contributed by atoms with Crippen LogP contribution in [0.3, 0.4) is 0 Å². The minimum atomic E-state index is 0.554. The summed E-state index contributed by atoms with van der Waals surface area (Å²) < 4.78 is 6.56. The van der Waals surface area contributed by atoms with Gasteiger partial charge in [0.1, 0.15) is 11.2 Å². The average molecular weight is 778 g/mol. The lowest BCUT2D eigenvalue weighted by molar-refractivity contribution is 0.669. The van der Waals surface area contributed by atoms with Crippen LogP contribution in [-0.4, -0.2) is 15.0 Å². The minimum Gasteiger partial charge on any atom is -0.455 e. The summed E-state index contributed by atoms with van der Waals surface area (Å²) in [7, 11) is 0. The van der Waals surface area contributed by atoms with Crippen molar-refractivity contribution in [1.29, 1.82) is 0 Å². The molecule has 0 fully saturated rings. The number of rotatable bonds is 6. The zero-order valence-electron chi connectivity index (χ0n) is 33.0. The van der Waals surface area contributed by atoms with E-state index in [1.807, 2.05) is 24.3 Å². The van der Waals surface area contributed by atoms with E-state index in [0.29, 0.717) is 17.5 Å². The first-order valence-corrected chi connectivity index (χ1v) is 20.6. The molecule has 0 unspecified atom stereocenters. The first kappa shape index (κ1) is 34.8. The molecule has 0 aliphatic carbocycles. The molecular formula is C57H35N3O. The van der Waals surface area contributed by atoms with Gasteiger partial charge in [-0.25, -0.2) is 15.0 Å². The molecule has 2 aromatic heterocycles. The van der Waals surface area contributed by atoms with Crippen molar-refractivity contribution in [3.63, 3.8) is 0 Å². The molecule has 0 spiro atoms. The van der Waals surface area contributed by atoms with Gasteiger partial charge in [0.15, 0.2) is 17.5 Å². The van der Waals surface area contributed by atoms with Crippen LogP contribution in [-0.2, 0) is 0 Å². The van der Waals surface area contributed by atoms with E-state index in [1.165, 1.54) is 21.9 Å². The third kappa shape index (κ3) is 5.96. The van der Waals surface area contributed by atoms with E-state index in [2.05, 4.69) is 188 Å². The van der Waals surface area contributed by atoms with Gasteiger partial charge in [-0.3, -0.25) is 0 Å². The Balaban J connectivity index is 1.07. The summed E-state index contributed by atoms with van der Waals surface area (Å²) in [6, 6.07) is 74.7. The number of nitrogens with zero attached hydrogens (tertiary/aromatic N) is 3. The van der Waals surface area contributed by atoms with Crippen molar-refractivity contribution in [2.75, 3.05) is 0 Å². The second-order valence-electron chi connectivity index (χ2n) is 15.5. The molecule has 0 aliphatic heterocycles. The molecule has 4 heteroatoms. The zero-order chi connectivity index (χ0) is 40.3. The lowest BCUT2D eigenvalue weighted by atomic mass is 9.92. The number of furan rings is 1. The molecule has 0 aliphatic rings. The lowest BCUT2D eigenvalue weighted by Gasteiger charge is -2.15. The van der Waals surface area contributed by atoms with Crippen molar-refractivity contribution in [2.45, 2.75) is 0 Å². The Morgan fingerprint density at radius 3 is 1.36 bits per heavy atom. The Morgan fingerprint density at radius 1 is 0.262 bits per heavy atom. The molecule has 61 heavy (non-hydrogen) atoms. The van der Waals surface area contributed by atoms with Gasteiger partial charge in [-0.2, -0.15) is 0 Å². The standard InChI is InChI=1S/C57H35N3O/c1-3-14-36(15-4-1)39-28-26-37-27-29-40(35-41(37)34-39)43-31-33-51(47-21-10-8-19-45(43)47)56-58-55(50-32-30-42(38-16-5-2-6-17-38)44-18-7-9-20-46(44)50)59-57(60-56)52-24-13-23-49-48-22-11-12-25-53(48)61-54(49)52/h1-35H. The number of fused-ring (bicyclic) bond motifs is 6. The van der Waals surface area contributed by atoms with Crippen LogP contribution in [0.2, 0.25) is 0 Å². The fourth-order valence-electron chi connectivity index (χ4n) is 8.99. The highest BCUT2D eigenvalue weighted by Crippen LogP contribution is 2.41. The minimum absolute atomic E-state index is 0.554. The lowest BCUT2D eigenvalue weighted by Crippen LogP contribution is -2.01. The molecule has 0 N–H and O–H groups in total. The van der Waals surface area contributed by atoms with E-state index < -0.39 is 0 Å². The first-order valence-electron chi connectivity index (χ1n) is 20.6. The summed E-state index contributed by atoms with van der Waals surface area (Å²) in [5.74, 6) is 1.75. The van der Waals surface area contributed by atoms with Crippen molar-refractivity contribution in [1.82, 2.24) is 15.0 Å². The quantitative estimate of drug-likeness (QED) is 0.169. The summed E-state index contributed by atoms with van der Waals surface area (Å²) in [5, 5.41) is 8.88. The van der Waals surface area contributed by atoms with Crippen molar-refractivity contribution in [3.05, 3.63) is 212 Å². The van der Waals surface area contributed by atoms with E-state index in [4.69, 9.17) is 19.4 Å². The molecule has 12 rings (SSSR count). The highest BCUT2D eigenvalue weighted by atomic mass is 16.3. The Bertz CT molecular complexity index is 3650. The molecule has 0 atom stereocenters. The van der Waals surface area contributed by atoms with Gasteiger partial charge in [-0.15, -0.1) is 0 Å². The van der Waals surface area contributed by atoms with E-state index in [1.54, 1.807) is 0 Å². The average Bonchev–Trinajstić information content (AvgIpc) is 3.72. The molecule has 12 aromatic rings. The molecule has 284 valence electrons. The van der Waals surface area contributed by atoms with Crippen LogP contribution in [0.1, 0.15) is 0 Å². The monoisotopic (exact) mass is 777 g/mol. The van der Waals surface area contributed by atoms with Gasteiger partial charge in [0.2, 0.25) is 0 Å². The van der Waals surface area contributed by atoms with E-state index >= 15 is 0 Å². The molecular weight excluding hydrogens is 743 g/mol. The highest BCUT2D eigenvalue weighted by Gasteiger charge is 2.21. The van der Waals surface area contributed by atoms with Crippen molar-refractivity contribution in [2.24, 2.45) is 0 Å². The molecule has 10 aromatic carbocycles. The summed E-state index contributed by atoms with van der Waals surface area (Å²) in [6.07, 6.45) is 0. The molecule has 0 bridgehead atoms. The number of benzene rings is 10. The predicted octanol–water partition coefficient (Wildman–Crippen LogP) is 15.2. The van der Waals surface area contributed by atoms with E-state index in [0.717, 1.165) is 82.4 Å². The van der Waals surface area contributed by atoms with Crippen LogP contribution in [0.5, 0.6) is 0 Å². The van der Waals surface area contributed by atoms with E-state index in [9.17, 15) is 0 Å². The second-order valence-corrected chi connectivity index (χ2v) is 15.5. The number of aromatic nitrogens is 3. The van der Waals surface area contributed by atoms with Gasteiger partial charge < -0.3 is 4.42 Å². The van der Waals surface area contributed by atoms with Gasteiger partial charge >= 0.3 is 0 Å². The fourth-order valence-corrected chi connectivity index (χ4v) is 8.99.